The Bertz CT molecular complexity index is 3250. The number of hydrogen-bond donors (Lipinski definition) is 0. The van der Waals surface area contributed by atoms with Crippen LogP contribution in [0.3, 0.4) is 0 Å². The monoisotopic (exact) mass is 990 g/mol. The summed E-state index contributed by atoms with van der Waals surface area (Å²) in [5.74, 6) is 1.96. The van der Waals surface area contributed by atoms with E-state index in [1.807, 2.05) is 0 Å². The van der Waals surface area contributed by atoms with Gasteiger partial charge in [0.1, 0.15) is 35.2 Å². The third-order valence-corrected chi connectivity index (χ3v) is 14.2. The molecule has 4 aliphatic rings. The smallest absolute Gasteiger partial charge is 0.261 e. The predicted octanol–water partition coefficient (Wildman–Crippen LogP) is 10.1. The fourth-order valence-corrected chi connectivity index (χ4v) is 9.39. The minimum absolute atomic E-state index is 0.0522. The molecule has 0 spiro atoms. The lowest BCUT2D eigenvalue weighted by atomic mass is 9.92. The van der Waals surface area contributed by atoms with Gasteiger partial charge in [-0.05, 0) is 115 Å². The summed E-state index contributed by atoms with van der Waals surface area (Å²) < 4.78 is 55.7. The Morgan fingerprint density at radius 1 is 0.557 bits per heavy atom. The number of benzene rings is 2. The highest BCUT2D eigenvalue weighted by Crippen LogP contribution is 2.43. The molecule has 8 aromatic rings. The second kappa shape index (κ2) is 18.4. The minimum atomic E-state index is -0.527. The predicted molar refractivity (Wildman–Crippen MR) is 252 cm³/mol. The Hall–Kier alpha value is -6.34. The van der Waals surface area contributed by atoms with Gasteiger partial charge in [0.25, 0.3) is 11.1 Å². The minimum Gasteiger partial charge on any atom is -0.370 e. The number of aromatic nitrogens is 10. The van der Waals surface area contributed by atoms with Crippen LogP contribution in [0.25, 0.3) is 33.8 Å². The first-order valence-electron chi connectivity index (χ1n) is 23.4. The van der Waals surface area contributed by atoms with Gasteiger partial charge in [-0.25, -0.2) is 28.7 Å². The van der Waals surface area contributed by atoms with Crippen LogP contribution in [0.15, 0.2) is 67.4 Å². The zero-order chi connectivity index (χ0) is 48.5. The van der Waals surface area contributed by atoms with Crippen LogP contribution >= 0.6 is 23.2 Å². The maximum absolute atomic E-state index is 15.0. The van der Waals surface area contributed by atoms with Crippen LogP contribution < -0.4 is 11.1 Å². The van der Waals surface area contributed by atoms with Crippen molar-refractivity contribution in [3.8, 4) is 22.5 Å². The summed E-state index contributed by atoms with van der Waals surface area (Å²) in [6.45, 7) is 7.95. The number of halogens is 4. The van der Waals surface area contributed by atoms with Gasteiger partial charge < -0.3 is 18.5 Å². The zero-order valence-corrected chi connectivity index (χ0v) is 40.1. The molecule has 16 nitrogen and oxygen atoms in total. The van der Waals surface area contributed by atoms with Crippen molar-refractivity contribution in [1.29, 1.82) is 0 Å². The molecule has 8 heterocycles. The van der Waals surface area contributed by atoms with E-state index in [1.54, 1.807) is 64.4 Å². The second-order valence-corrected chi connectivity index (χ2v) is 19.5. The largest absolute Gasteiger partial charge is 0.370 e. The van der Waals surface area contributed by atoms with Gasteiger partial charge in [0.2, 0.25) is 23.4 Å². The number of rotatable bonds is 8. The molecule has 70 heavy (non-hydrogen) atoms. The third kappa shape index (κ3) is 8.90. The van der Waals surface area contributed by atoms with E-state index < -0.39 is 11.6 Å². The lowest BCUT2D eigenvalue weighted by molar-refractivity contribution is -0.00194. The number of hydrogen-bond acceptors (Lipinski definition) is 14. The number of nitrogens with zero attached hydrogens (tertiary/aromatic N) is 10. The van der Waals surface area contributed by atoms with Crippen molar-refractivity contribution in [3.05, 3.63) is 149 Å². The fraction of sp³-hybridized carbons (Fsp3) is 0.400. The normalized spacial score (nSPS) is 20.5. The summed E-state index contributed by atoms with van der Waals surface area (Å²) in [6.07, 6.45) is 9.56. The lowest BCUT2D eigenvalue weighted by Gasteiger charge is -2.28. The van der Waals surface area contributed by atoms with Crippen molar-refractivity contribution >= 4 is 34.5 Å². The van der Waals surface area contributed by atoms with Crippen LogP contribution in [0, 0.1) is 39.3 Å². The van der Waals surface area contributed by atoms with Gasteiger partial charge in [-0.15, -0.1) is 0 Å². The van der Waals surface area contributed by atoms with Gasteiger partial charge in [0, 0.05) is 93.0 Å². The average molecular weight is 992 g/mol. The Morgan fingerprint density at radius 3 is 1.36 bits per heavy atom. The van der Waals surface area contributed by atoms with E-state index in [2.05, 4.69) is 30.2 Å². The molecule has 12 rings (SSSR count). The first kappa shape index (κ1) is 46.1. The van der Waals surface area contributed by atoms with Gasteiger partial charge in [0.05, 0.1) is 11.4 Å². The number of fused-ring (bicyclic) bond motifs is 2. The summed E-state index contributed by atoms with van der Waals surface area (Å²) >= 11 is 12.0. The van der Waals surface area contributed by atoms with Crippen LogP contribution in [0.1, 0.15) is 145 Å². The standard InChI is InChI=1S/2C25H23ClFN5O3/c2*1-12-13(2)28-23-21(17-6-5-16(26)10-18(17)27)29-19(11-32(23)25(12)33)15-7-8-34-20(9-15)22-30-24(35-31-22)14-3-4-14/h2*5-6,10-11,14-15,20H,3-4,7-9H2,1-2H3/t15-,20?;15-,20+/m11/s1. The molecule has 0 bridgehead atoms. The van der Waals surface area contributed by atoms with Crippen molar-refractivity contribution in [1.82, 2.24) is 49.0 Å². The Kier molecular flexibility index (Phi) is 12.1. The van der Waals surface area contributed by atoms with Gasteiger partial charge in [0.15, 0.2) is 11.3 Å². The molecule has 20 heteroatoms. The molecule has 6 aromatic heterocycles. The summed E-state index contributed by atoms with van der Waals surface area (Å²) in [6, 6.07) is 8.80. The van der Waals surface area contributed by atoms with E-state index in [1.165, 1.54) is 20.9 Å². The van der Waals surface area contributed by atoms with Crippen LogP contribution in [-0.4, -0.2) is 62.2 Å². The van der Waals surface area contributed by atoms with Crippen LogP contribution in [0.4, 0.5) is 8.78 Å². The average Bonchev–Trinajstić information content (AvgIpc) is 4.29. The van der Waals surface area contributed by atoms with E-state index in [-0.39, 0.29) is 56.3 Å². The summed E-state index contributed by atoms with van der Waals surface area (Å²) in [7, 11) is 0. The summed E-state index contributed by atoms with van der Waals surface area (Å²) in [5.41, 5.74) is 4.82. The molecule has 0 N–H and O–H groups in total. The van der Waals surface area contributed by atoms with Crippen LogP contribution in [0.5, 0.6) is 0 Å². The first-order valence-corrected chi connectivity index (χ1v) is 24.2. The molecule has 2 aliphatic heterocycles. The summed E-state index contributed by atoms with van der Waals surface area (Å²) in [4.78, 5) is 54.3. The maximum Gasteiger partial charge on any atom is 0.261 e. The van der Waals surface area contributed by atoms with Gasteiger partial charge in [-0.1, -0.05) is 33.5 Å². The third-order valence-electron chi connectivity index (χ3n) is 13.7. The number of ether oxygens (including phenoxy) is 2. The fourth-order valence-electron chi connectivity index (χ4n) is 9.07. The first-order chi connectivity index (χ1) is 33.8. The molecular formula is C50H46Cl2F2N10O6. The van der Waals surface area contributed by atoms with E-state index >= 15 is 0 Å². The molecule has 4 atom stereocenters. The molecular weight excluding hydrogens is 946 g/mol. The molecule has 1 unspecified atom stereocenters. The SMILES string of the molecule is Cc1nc2c(-c3ccc(Cl)cc3F)nc([C@@H]3CCOC(c4noc(C5CC5)n4)C3)cn2c(=O)c1C.Cc1nc2c(-c3ccc(Cl)cc3F)nc([C@@H]3CCO[C@H](c4noc(C5CC5)n4)C3)cn2c(=O)c1C. The Balaban J connectivity index is 0.000000152. The molecule has 360 valence electrons. The summed E-state index contributed by atoms with van der Waals surface area (Å²) in [5, 5.41) is 8.84. The van der Waals surface area contributed by atoms with Crippen molar-refractivity contribution in [3.63, 3.8) is 0 Å². The maximum atomic E-state index is 15.0. The van der Waals surface area contributed by atoms with Crippen molar-refractivity contribution in [2.45, 2.75) is 115 Å². The highest BCUT2D eigenvalue weighted by atomic mass is 35.5. The van der Waals surface area contributed by atoms with Crippen molar-refractivity contribution in [2.75, 3.05) is 13.2 Å². The van der Waals surface area contributed by atoms with Crippen LogP contribution in [0.2, 0.25) is 10.0 Å². The molecule has 2 saturated heterocycles. The lowest BCUT2D eigenvalue weighted by Crippen LogP contribution is -2.24. The van der Waals surface area contributed by atoms with E-state index in [0.29, 0.717) is 131 Å². The van der Waals surface area contributed by atoms with Gasteiger partial charge in [-0.3, -0.25) is 18.4 Å². The molecule has 0 radical (unpaired) electrons. The zero-order valence-electron chi connectivity index (χ0n) is 38.6. The quantitative estimate of drug-likeness (QED) is 0.140. The molecule has 2 aromatic carbocycles. The van der Waals surface area contributed by atoms with Crippen molar-refractivity contribution < 1.29 is 27.3 Å². The molecule has 2 aliphatic carbocycles. The van der Waals surface area contributed by atoms with Crippen LogP contribution in [-0.2, 0) is 9.47 Å². The molecule has 2 saturated carbocycles. The molecule has 4 fully saturated rings. The Labute approximate surface area is 408 Å². The topological polar surface area (TPSA) is 191 Å². The second-order valence-electron chi connectivity index (χ2n) is 18.6. The van der Waals surface area contributed by atoms with E-state index in [9.17, 15) is 18.4 Å². The number of aryl methyl sites for hydroxylation is 2. The van der Waals surface area contributed by atoms with Gasteiger partial charge >= 0.3 is 0 Å². The van der Waals surface area contributed by atoms with E-state index in [0.717, 1.165) is 25.7 Å². The molecule has 0 amide bonds. The van der Waals surface area contributed by atoms with Gasteiger partial charge in [-0.2, -0.15) is 9.97 Å². The Morgan fingerprint density at radius 2 is 0.971 bits per heavy atom. The van der Waals surface area contributed by atoms with Crippen molar-refractivity contribution in [2.24, 2.45) is 0 Å². The van der Waals surface area contributed by atoms with E-state index in [4.69, 9.17) is 51.7 Å². The highest BCUT2D eigenvalue weighted by molar-refractivity contribution is 6.31. The highest BCUT2D eigenvalue weighted by Gasteiger charge is 2.36.